The number of carbonyl (C=O) groups excluding carboxylic acids is 1. The normalized spacial score (nSPS) is 25.9. The van der Waals surface area contributed by atoms with E-state index >= 15 is 0 Å². The lowest BCUT2D eigenvalue weighted by Gasteiger charge is -2.14. The minimum absolute atomic E-state index is 0.136. The van der Waals surface area contributed by atoms with E-state index in [0.717, 1.165) is 0 Å². The molecule has 2 atom stereocenters. The molecule has 1 N–H and O–H groups in total. The molecule has 1 heterocycles. The lowest BCUT2D eigenvalue weighted by molar-refractivity contribution is 0.0941. The zero-order valence-electron chi connectivity index (χ0n) is 9.27. The molecule has 0 saturated carbocycles. The number of amides is 1. The van der Waals surface area contributed by atoms with Crippen molar-refractivity contribution in [1.29, 1.82) is 0 Å². The van der Waals surface area contributed by atoms with Crippen LogP contribution < -0.4 is 5.32 Å². The van der Waals surface area contributed by atoms with Crippen LogP contribution in [0.15, 0.2) is 24.3 Å². The molecule has 4 nitrogen and oxygen atoms in total. The smallest absolute Gasteiger partial charge is 0.251 e. The van der Waals surface area contributed by atoms with Crippen LogP contribution in [-0.4, -0.2) is 37.2 Å². The zero-order valence-corrected chi connectivity index (χ0v) is 10.8. The molecule has 2 unspecified atom stereocenters. The second-order valence-electron chi connectivity index (χ2n) is 4.18. The Morgan fingerprint density at radius 3 is 2.39 bits per heavy atom. The summed E-state index contributed by atoms with van der Waals surface area (Å²) in [6, 6.07) is 4.39. The van der Waals surface area contributed by atoms with Crippen LogP contribution in [0, 0.1) is 5.82 Å². The summed E-state index contributed by atoms with van der Waals surface area (Å²) in [7, 11) is -3.19. The first-order chi connectivity index (χ1) is 8.37. The van der Waals surface area contributed by atoms with Gasteiger partial charge in [0, 0.05) is 5.56 Å². The van der Waals surface area contributed by atoms with Crippen LogP contribution in [0.4, 0.5) is 4.39 Å². The zero-order chi connectivity index (χ0) is 13.3. The van der Waals surface area contributed by atoms with Gasteiger partial charge in [0.15, 0.2) is 9.84 Å². The maximum absolute atomic E-state index is 12.7. The molecule has 2 rings (SSSR count). The lowest BCUT2D eigenvalue weighted by atomic mass is 10.2. The van der Waals surface area contributed by atoms with Crippen molar-refractivity contribution in [2.75, 3.05) is 11.5 Å². The number of nitrogens with one attached hydrogen (secondary N) is 1. The predicted molar refractivity (Wildman–Crippen MR) is 65.9 cm³/mol. The van der Waals surface area contributed by atoms with Crippen molar-refractivity contribution in [3.8, 4) is 0 Å². The summed E-state index contributed by atoms with van der Waals surface area (Å²) in [5.41, 5.74) is 0.268. The van der Waals surface area contributed by atoms with Gasteiger partial charge >= 0.3 is 0 Å². The fraction of sp³-hybridized carbons (Fsp3) is 0.364. The summed E-state index contributed by atoms with van der Waals surface area (Å²) in [5.74, 6) is -1.19. The largest absolute Gasteiger partial charge is 0.347 e. The van der Waals surface area contributed by atoms with E-state index in [1.807, 2.05) is 0 Å². The number of hydrogen-bond donors (Lipinski definition) is 1. The van der Waals surface area contributed by atoms with E-state index in [0.29, 0.717) is 0 Å². The van der Waals surface area contributed by atoms with Gasteiger partial charge in [0.2, 0.25) is 0 Å². The molecule has 1 saturated heterocycles. The Morgan fingerprint density at radius 1 is 1.28 bits per heavy atom. The van der Waals surface area contributed by atoms with Gasteiger partial charge in [-0.05, 0) is 24.3 Å². The minimum atomic E-state index is -3.19. The van der Waals surface area contributed by atoms with Crippen LogP contribution in [0.5, 0.6) is 0 Å². The Bertz CT molecular complexity index is 558. The summed E-state index contributed by atoms with van der Waals surface area (Å²) in [6.45, 7) is 0. The van der Waals surface area contributed by atoms with Gasteiger partial charge in [-0.15, -0.1) is 11.6 Å². The quantitative estimate of drug-likeness (QED) is 0.826. The average molecular weight is 292 g/mol. The summed E-state index contributed by atoms with van der Waals surface area (Å²) >= 11 is 5.87. The Morgan fingerprint density at radius 2 is 1.89 bits per heavy atom. The number of rotatable bonds is 2. The van der Waals surface area contributed by atoms with E-state index in [1.54, 1.807) is 0 Å². The highest BCUT2D eigenvalue weighted by atomic mass is 35.5. The topological polar surface area (TPSA) is 63.2 Å². The first kappa shape index (κ1) is 13.3. The number of alkyl halides is 1. The van der Waals surface area contributed by atoms with Crippen molar-refractivity contribution in [2.24, 2.45) is 0 Å². The molecule has 0 aromatic heterocycles. The molecule has 1 fully saturated rings. The molecule has 0 spiro atoms. The molecular formula is C11H11ClFNO3S. The SMILES string of the molecule is O=C(NC1CS(=O)(=O)CC1Cl)c1ccc(F)cc1. The highest BCUT2D eigenvalue weighted by Gasteiger charge is 2.37. The highest BCUT2D eigenvalue weighted by molar-refractivity contribution is 7.91. The lowest BCUT2D eigenvalue weighted by Crippen LogP contribution is -2.40. The average Bonchev–Trinajstić information content (AvgIpc) is 2.52. The van der Waals surface area contributed by atoms with Crippen molar-refractivity contribution in [3.63, 3.8) is 0 Å². The van der Waals surface area contributed by atoms with Gasteiger partial charge in [-0.1, -0.05) is 0 Å². The van der Waals surface area contributed by atoms with Gasteiger partial charge in [0.05, 0.1) is 22.9 Å². The van der Waals surface area contributed by atoms with Crippen molar-refractivity contribution in [1.82, 2.24) is 5.32 Å². The first-order valence-corrected chi connectivity index (χ1v) is 7.54. The number of halogens is 2. The Balaban J connectivity index is 2.06. The van der Waals surface area contributed by atoms with Gasteiger partial charge in [-0.2, -0.15) is 0 Å². The second-order valence-corrected chi connectivity index (χ2v) is 6.89. The maximum Gasteiger partial charge on any atom is 0.251 e. The highest BCUT2D eigenvalue weighted by Crippen LogP contribution is 2.18. The third-order valence-electron chi connectivity index (χ3n) is 2.71. The van der Waals surface area contributed by atoms with E-state index in [9.17, 15) is 17.6 Å². The fourth-order valence-corrected chi connectivity index (χ4v) is 4.34. The summed E-state index contributed by atoms with van der Waals surface area (Å²) in [6.07, 6.45) is 0. The molecule has 1 aliphatic heterocycles. The molecular weight excluding hydrogens is 281 g/mol. The van der Waals surface area contributed by atoms with Crippen LogP contribution in [0.2, 0.25) is 0 Å². The standard InChI is InChI=1S/C11H11ClFNO3S/c12-9-5-18(16,17)6-10(9)14-11(15)7-1-3-8(13)4-2-7/h1-4,9-10H,5-6H2,(H,14,15). The Hall–Kier alpha value is -1.14. The molecule has 1 aromatic carbocycles. The predicted octanol–water partition coefficient (Wildman–Crippen LogP) is 0.960. The molecule has 0 bridgehead atoms. The van der Waals surface area contributed by atoms with Crippen LogP contribution in [0.1, 0.15) is 10.4 Å². The van der Waals surface area contributed by atoms with Gasteiger partial charge in [-0.25, -0.2) is 12.8 Å². The van der Waals surface area contributed by atoms with Crippen LogP contribution >= 0.6 is 11.6 Å². The molecule has 0 radical (unpaired) electrons. The van der Waals surface area contributed by atoms with E-state index in [4.69, 9.17) is 11.6 Å². The van der Waals surface area contributed by atoms with Crippen LogP contribution in [0.25, 0.3) is 0 Å². The molecule has 0 aliphatic carbocycles. The van der Waals surface area contributed by atoms with Gasteiger partial charge < -0.3 is 5.32 Å². The monoisotopic (exact) mass is 291 g/mol. The van der Waals surface area contributed by atoms with Crippen LogP contribution in [0.3, 0.4) is 0 Å². The Kier molecular flexibility index (Phi) is 3.59. The van der Waals surface area contributed by atoms with Gasteiger partial charge in [-0.3, -0.25) is 4.79 Å². The summed E-state index contributed by atoms with van der Waals surface area (Å²) in [4.78, 5) is 11.8. The molecule has 98 valence electrons. The van der Waals surface area contributed by atoms with E-state index in [2.05, 4.69) is 5.32 Å². The van der Waals surface area contributed by atoms with E-state index in [-0.39, 0.29) is 17.1 Å². The molecule has 1 aromatic rings. The van der Waals surface area contributed by atoms with Crippen molar-refractivity contribution in [3.05, 3.63) is 35.6 Å². The minimum Gasteiger partial charge on any atom is -0.347 e. The third-order valence-corrected chi connectivity index (χ3v) is 5.08. The molecule has 18 heavy (non-hydrogen) atoms. The number of benzene rings is 1. The Labute approximate surface area is 109 Å². The fourth-order valence-electron chi connectivity index (χ4n) is 1.79. The molecule has 1 amide bonds. The van der Waals surface area contributed by atoms with E-state index < -0.39 is 33.0 Å². The van der Waals surface area contributed by atoms with Gasteiger partial charge in [0.1, 0.15) is 5.82 Å². The first-order valence-electron chi connectivity index (χ1n) is 5.28. The van der Waals surface area contributed by atoms with Gasteiger partial charge in [0.25, 0.3) is 5.91 Å². The summed E-state index contributed by atoms with van der Waals surface area (Å²) < 4.78 is 35.3. The molecule has 7 heteroatoms. The van der Waals surface area contributed by atoms with Crippen LogP contribution in [-0.2, 0) is 9.84 Å². The number of hydrogen-bond acceptors (Lipinski definition) is 3. The van der Waals surface area contributed by atoms with Crippen molar-refractivity contribution >= 4 is 27.3 Å². The van der Waals surface area contributed by atoms with E-state index in [1.165, 1.54) is 24.3 Å². The molecule has 1 aliphatic rings. The second kappa shape index (κ2) is 4.85. The van der Waals surface area contributed by atoms with Crippen molar-refractivity contribution < 1.29 is 17.6 Å². The third kappa shape index (κ3) is 3.00. The summed E-state index contributed by atoms with van der Waals surface area (Å²) in [5, 5.41) is 1.92. The van der Waals surface area contributed by atoms with Crippen molar-refractivity contribution in [2.45, 2.75) is 11.4 Å². The maximum atomic E-state index is 12.7. The number of carbonyl (C=O) groups is 1. The number of sulfone groups is 1.